The summed E-state index contributed by atoms with van der Waals surface area (Å²) >= 11 is -2.13. The van der Waals surface area contributed by atoms with Crippen molar-refractivity contribution in [2.24, 2.45) is 0 Å². The average molecular weight is 223 g/mol. The summed E-state index contributed by atoms with van der Waals surface area (Å²) in [6, 6.07) is 0.377. The van der Waals surface area contributed by atoms with Gasteiger partial charge in [-0.3, -0.25) is 13.6 Å². The van der Waals surface area contributed by atoms with Gasteiger partial charge in [0.25, 0.3) is 0 Å². The van der Waals surface area contributed by atoms with Crippen LogP contribution < -0.4 is 0 Å². The molecule has 2 atom stereocenters. The van der Waals surface area contributed by atoms with E-state index in [0.717, 1.165) is 32.7 Å². The lowest BCUT2D eigenvalue weighted by Crippen LogP contribution is -2.42. The highest BCUT2D eigenvalue weighted by Gasteiger charge is 2.16. The maximum atomic E-state index is 10.2. The summed E-state index contributed by atoms with van der Waals surface area (Å²) in [5.41, 5.74) is 0. The zero-order valence-corrected chi connectivity index (χ0v) is 9.16. The van der Waals surface area contributed by atoms with Gasteiger partial charge in [-0.05, 0) is 13.3 Å². The van der Waals surface area contributed by atoms with Crippen LogP contribution in [0.2, 0.25) is 0 Å². The predicted molar refractivity (Wildman–Crippen MR) is 53.2 cm³/mol. The van der Waals surface area contributed by atoms with Crippen molar-refractivity contribution in [3.05, 3.63) is 0 Å². The quantitative estimate of drug-likeness (QED) is 0.677. The van der Waals surface area contributed by atoms with Crippen molar-refractivity contribution in [1.29, 1.82) is 0 Å². The fraction of sp³-hybridized carbons (Fsp3) is 1.00. The van der Waals surface area contributed by atoms with Gasteiger partial charge in [-0.2, -0.15) is 4.21 Å². The molecule has 2 unspecified atom stereocenters. The standard InChI is InChI=1S/C8H17NO4S/c1-8(2-5-13-14(10)11)9-3-6-12-7-4-9/h8H,2-7H2,1H3,(H,10,11). The fourth-order valence-corrected chi connectivity index (χ4v) is 1.73. The molecule has 0 aromatic heterocycles. The molecule has 84 valence electrons. The molecule has 5 nitrogen and oxygen atoms in total. The predicted octanol–water partition coefficient (Wildman–Crippen LogP) is 0.251. The molecule has 6 heteroatoms. The van der Waals surface area contributed by atoms with E-state index >= 15 is 0 Å². The van der Waals surface area contributed by atoms with Crippen LogP contribution in [-0.4, -0.2) is 52.6 Å². The van der Waals surface area contributed by atoms with E-state index in [2.05, 4.69) is 16.0 Å². The fourth-order valence-electron chi connectivity index (χ4n) is 1.49. The van der Waals surface area contributed by atoms with Crippen molar-refractivity contribution in [3.8, 4) is 0 Å². The molecule has 1 fully saturated rings. The van der Waals surface area contributed by atoms with Gasteiger partial charge >= 0.3 is 11.4 Å². The molecule has 1 saturated heterocycles. The minimum Gasteiger partial charge on any atom is -0.379 e. The number of hydrogen-bond donors (Lipinski definition) is 1. The number of ether oxygens (including phenoxy) is 1. The van der Waals surface area contributed by atoms with Crippen molar-refractivity contribution in [3.63, 3.8) is 0 Å². The third-order valence-corrected chi connectivity index (χ3v) is 2.76. The van der Waals surface area contributed by atoms with Gasteiger partial charge in [-0.1, -0.05) is 0 Å². The van der Waals surface area contributed by atoms with Gasteiger partial charge in [0, 0.05) is 19.1 Å². The Bertz CT molecular complexity index is 184. The van der Waals surface area contributed by atoms with Crippen molar-refractivity contribution >= 4 is 11.4 Å². The molecule has 1 aliphatic heterocycles. The third kappa shape index (κ3) is 4.47. The SMILES string of the molecule is CC(CCOS(=O)O)N1CCOCC1. The minimum atomic E-state index is -2.13. The molecule has 0 radical (unpaired) electrons. The number of rotatable bonds is 5. The van der Waals surface area contributed by atoms with Crippen molar-refractivity contribution in [2.45, 2.75) is 19.4 Å². The van der Waals surface area contributed by atoms with E-state index in [-0.39, 0.29) is 0 Å². The van der Waals surface area contributed by atoms with E-state index in [9.17, 15) is 4.21 Å². The summed E-state index contributed by atoms with van der Waals surface area (Å²) in [7, 11) is 0. The molecule has 1 heterocycles. The second-order valence-electron chi connectivity index (χ2n) is 3.33. The second kappa shape index (κ2) is 6.47. The Hall–Kier alpha value is -0.0100. The van der Waals surface area contributed by atoms with E-state index < -0.39 is 11.4 Å². The first-order chi connectivity index (χ1) is 6.70. The lowest BCUT2D eigenvalue weighted by Gasteiger charge is -2.32. The Morgan fingerprint density at radius 1 is 1.57 bits per heavy atom. The highest BCUT2D eigenvalue weighted by Crippen LogP contribution is 2.07. The van der Waals surface area contributed by atoms with Gasteiger partial charge in [-0.15, -0.1) is 0 Å². The summed E-state index contributed by atoms with van der Waals surface area (Å²) in [5, 5.41) is 0. The Kier molecular flexibility index (Phi) is 5.57. The molecule has 0 bridgehead atoms. The molecule has 0 spiro atoms. The first-order valence-corrected chi connectivity index (χ1v) is 5.79. The van der Waals surface area contributed by atoms with Crippen LogP contribution >= 0.6 is 0 Å². The molecule has 0 aromatic carbocycles. The number of morpholine rings is 1. The van der Waals surface area contributed by atoms with Crippen LogP contribution in [0.1, 0.15) is 13.3 Å². The Morgan fingerprint density at radius 2 is 2.21 bits per heavy atom. The summed E-state index contributed by atoms with van der Waals surface area (Å²) in [5.74, 6) is 0. The molecule has 1 aliphatic rings. The molecule has 0 saturated carbocycles. The highest BCUT2D eigenvalue weighted by molar-refractivity contribution is 7.74. The highest BCUT2D eigenvalue weighted by atomic mass is 32.2. The zero-order chi connectivity index (χ0) is 10.4. The third-order valence-electron chi connectivity index (χ3n) is 2.39. The molecular formula is C8H17NO4S. The van der Waals surface area contributed by atoms with E-state index in [4.69, 9.17) is 9.29 Å². The van der Waals surface area contributed by atoms with Gasteiger partial charge in [0.05, 0.1) is 19.8 Å². The molecule has 1 rings (SSSR count). The van der Waals surface area contributed by atoms with Crippen LogP contribution in [-0.2, 0) is 20.3 Å². The summed E-state index contributed by atoms with van der Waals surface area (Å²) in [6.07, 6.45) is 0.770. The van der Waals surface area contributed by atoms with Crippen LogP contribution in [0.15, 0.2) is 0 Å². The lowest BCUT2D eigenvalue weighted by molar-refractivity contribution is 0.0162. The number of hydrogen-bond acceptors (Lipinski definition) is 4. The molecular weight excluding hydrogens is 206 g/mol. The zero-order valence-electron chi connectivity index (χ0n) is 8.35. The van der Waals surface area contributed by atoms with Crippen LogP contribution in [0.3, 0.4) is 0 Å². The molecule has 0 aliphatic carbocycles. The largest absolute Gasteiger partial charge is 0.379 e. The molecule has 0 aromatic rings. The second-order valence-corrected chi connectivity index (χ2v) is 4.00. The van der Waals surface area contributed by atoms with Crippen LogP contribution in [0, 0.1) is 0 Å². The minimum absolute atomic E-state index is 0.321. The Morgan fingerprint density at radius 3 is 2.79 bits per heavy atom. The van der Waals surface area contributed by atoms with Gasteiger partial charge in [0.2, 0.25) is 0 Å². The number of nitrogens with zero attached hydrogens (tertiary/aromatic N) is 1. The maximum Gasteiger partial charge on any atom is 0.301 e. The van der Waals surface area contributed by atoms with E-state index in [0.29, 0.717) is 12.6 Å². The first kappa shape index (κ1) is 12.1. The van der Waals surface area contributed by atoms with Crippen molar-refractivity contribution < 1.29 is 17.7 Å². The maximum absolute atomic E-state index is 10.2. The van der Waals surface area contributed by atoms with Gasteiger partial charge in [0.1, 0.15) is 0 Å². The Balaban J connectivity index is 2.13. The molecule has 14 heavy (non-hydrogen) atoms. The monoisotopic (exact) mass is 223 g/mol. The van der Waals surface area contributed by atoms with E-state index in [1.54, 1.807) is 0 Å². The van der Waals surface area contributed by atoms with E-state index in [1.165, 1.54) is 0 Å². The summed E-state index contributed by atoms with van der Waals surface area (Å²) < 4.78 is 28.4. The van der Waals surface area contributed by atoms with Gasteiger partial charge < -0.3 is 4.74 Å². The van der Waals surface area contributed by atoms with Crippen LogP contribution in [0.25, 0.3) is 0 Å². The Labute approximate surface area is 86.9 Å². The van der Waals surface area contributed by atoms with Gasteiger partial charge in [-0.25, -0.2) is 0 Å². The summed E-state index contributed by atoms with van der Waals surface area (Å²) in [6.45, 7) is 5.83. The van der Waals surface area contributed by atoms with E-state index in [1.807, 2.05) is 0 Å². The molecule has 0 amide bonds. The summed E-state index contributed by atoms with van der Waals surface area (Å²) in [4.78, 5) is 2.30. The topological polar surface area (TPSA) is 59.0 Å². The van der Waals surface area contributed by atoms with Gasteiger partial charge in [0.15, 0.2) is 0 Å². The normalized spacial score (nSPS) is 23.3. The van der Waals surface area contributed by atoms with Crippen LogP contribution in [0.5, 0.6) is 0 Å². The lowest BCUT2D eigenvalue weighted by atomic mass is 10.2. The first-order valence-electron chi connectivity index (χ1n) is 4.76. The van der Waals surface area contributed by atoms with Crippen molar-refractivity contribution in [1.82, 2.24) is 4.90 Å². The van der Waals surface area contributed by atoms with Crippen molar-refractivity contribution in [2.75, 3.05) is 32.9 Å². The average Bonchev–Trinajstić information content (AvgIpc) is 2.18. The van der Waals surface area contributed by atoms with Crippen LogP contribution in [0.4, 0.5) is 0 Å². The smallest absolute Gasteiger partial charge is 0.301 e. The molecule has 1 N–H and O–H groups in total.